The fraction of sp³-hybridized carbons (Fsp3) is 0.0800. The number of hydrogen-bond acceptors (Lipinski definition) is 5. The molecule has 0 aliphatic rings. The standard InChI is InChI=1S/C25H21BrN4O/c1-17(18-10-14-22(31-2)15-11-18)29-30-24-16-23(19-6-4-3-5-7-19)27-25(28-24)20-8-12-21(26)13-9-20/h3-16H,1-2H3,(H,27,28,30)/b29-17-. The highest BCUT2D eigenvalue weighted by molar-refractivity contribution is 9.10. The quantitative estimate of drug-likeness (QED) is 0.259. The minimum Gasteiger partial charge on any atom is -0.497 e. The minimum atomic E-state index is 0.625. The van der Waals surface area contributed by atoms with Crippen LogP contribution in [0.1, 0.15) is 12.5 Å². The predicted molar refractivity (Wildman–Crippen MR) is 129 cm³/mol. The molecule has 6 heteroatoms. The number of nitrogens with one attached hydrogen (secondary N) is 1. The van der Waals surface area contributed by atoms with Gasteiger partial charge in [0, 0.05) is 21.7 Å². The maximum Gasteiger partial charge on any atom is 0.162 e. The molecule has 4 aromatic rings. The Labute approximate surface area is 190 Å². The summed E-state index contributed by atoms with van der Waals surface area (Å²) in [7, 11) is 1.65. The van der Waals surface area contributed by atoms with Crippen molar-refractivity contribution in [3.63, 3.8) is 0 Å². The molecular formula is C25H21BrN4O. The average Bonchev–Trinajstić information content (AvgIpc) is 2.83. The molecule has 1 N–H and O–H groups in total. The van der Waals surface area contributed by atoms with Gasteiger partial charge in [0.25, 0.3) is 0 Å². The van der Waals surface area contributed by atoms with Gasteiger partial charge in [-0.15, -0.1) is 0 Å². The number of aromatic nitrogens is 2. The summed E-state index contributed by atoms with van der Waals surface area (Å²) in [5, 5.41) is 4.53. The van der Waals surface area contributed by atoms with Gasteiger partial charge < -0.3 is 4.74 Å². The van der Waals surface area contributed by atoms with Crippen molar-refractivity contribution < 1.29 is 4.74 Å². The molecule has 3 aromatic carbocycles. The van der Waals surface area contributed by atoms with E-state index in [9.17, 15) is 0 Å². The van der Waals surface area contributed by atoms with Crippen molar-refractivity contribution in [1.82, 2.24) is 9.97 Å². The van der Waals surface area contributed by atoms with Gasteiger partial charge in [0.1, 0.15) is 5.75 Å². The molecule has 4 rings (SSSR count). The number of benzene rings is 3. The van der Waals surface area contributed by atoms with E-state index < -0.39 is 0 Å². The summed E-state index contributed by atoms with van der Waals surface area (Å²) >= 11 is 3.48. The van der Waals surface area contributed by atoms with E-state index in [1.165, 1.54) is 0 Å². The highest BCUT2D eigenvalue weighted by Gasteiger charge is 2.09. The normalized spacial score (nSPS) is 11.3. The van der Waals surface area contributed by atoms with Gasteiger partial charge in [-0.05, 0) is 48.9 Å². The fourth-order valence-electron chi connectivity index (χ4n) is 3.03. The Morgan fingerprint density at radius 2 is 1.58 bits per heavy atom. The van der Waals surface area contributed by atoms with Gasteiger partial charge in [0.15, 0.2) is 11.6 Å². The van der Waals surface area contributed by atoms with Crippen LogP contribution < -0.4 is 10.2 Å². The number of methoxy groups -OCH3 is 1. The third kappa shape index (κ3) is 5.16. The van der Waals surface area contributed by atoms with Crippen molar-refractivity contribution in [3.8, 4) is 28.4 Å². The molecule has 0 spiro atoms. The highest BCUT2D eigenvalue weighted by Crippen LogP contribution is 2.25. The second-order valence-electron chi connectivity index (χ2n) is 6.87. The van der Waals surface area contributed by atoms with Crippen LogP contribution in [-0.2, 0) is 0 Å². The second-order valence-corrected chi connectivity index (χ2v) is 7.79. The second kappa shape index (κ2) is 9.53. The lowest BCUT2D eigenvalue weighted by molar-refractivity contribution is 0.415. The van der Waals surface area contributed by atoms with Crippen molar-refractivity contribution in [3.05, 3.63) is 95.0 Å². The number of ether oxygens (including phenoxy) is 1. The lowest BCUT2D eigenvalue weighted by Crippen LogP contribution is -2.03. The van der Waals surface area contributed by atoms with Gasteiger partial charge in [-0.1, -0.05) is 58.4 Å². The Balaban J connectivity index is 1.68. The number of hydrazone groups is 1. The first-order valence-corrected chi connectivity index (χ1v) is 10.6. The summed E-state index contributed by atoms with van der Waals surface area (Å²) in [5.74, 6) is 2.07. The molecule has 0 atom stereocenters. The van der Waals surface area contributed by atoms with Gasteiger partial charge in [-0.25, -0.2) is 9.97 Å². The van der Waals surface area contributed by atoms with E-state index in [-0.39, 0.29) is 0 Å². The van der Waals surface area contributed by atoms with Crippen LogP contribution in [0.25, 0.3) is 22.6 Å². The average molecular weight is 473 g/mol. The zero-order chi connectivity index (χ0) is 21.6. The summed E-state index contributed by atoms with van der Waals surface area (Å²) in [4.78, 5) is 9.47. The van der Waals surface area contributed by atoms with Gasteiger partial charge in [-0.2, -0.15) is 5.10 Å². The zero-order valence-electron chi connectivity index (χ0n) is 17.2. The SMILES string of the molecule is COc1ccc(/C(C)=N\Nc2cc(-c3ccccc3)nc(-c3ccc(Br)cc3)n2)cc1. The molecule has 1 heterocycles. The zero-order valence-corrected chi connectivity index (χ0v) is 18.8. The maximum absolute atomic E-state index is 5.22. The molecule has 0 bridgehead atoms. The number of anilines is 1. The maximum atomic E-state index is 5.22. The van der Waals surface area contributed by atoms with E-state index in [0.29, 0.717) is 11.6 Å². The Morgan fingerprint density at radius 1 is 0.871 bits per heavy atom. The number of hydrogen-bond donors (Lipinski definition) is 1. The number of nitrogens with zero attached hydrogens (tertiary/aromatic N) is 3. The molecule has 0 radical (unpaired) electrons. The van der Waals surface area contributed by atoms with E-state index in [0.717, 1.165) is 38.3 Å². The summed E-state index contributed by atoms with van der Waals surface area (Å²) < 4.78 is 6.23. The molecule has 0 unspecified atom stereocenters. The Kier molecular flexibility index (Phi) is 6.38. The largest absolute Gasteiger partial charge is 0.497 e. The Hall–Kier alpha value is -3.51. The first kappa shape index (κ1) is 20.8. The van der Waals surface area contributed by atoms with Gasteiger partial charge in [0.05, 0.1) is 18.5 Å². The van der Waals surface area contributed by atoms with Crippen molar-refractivity contribution in [2.75, 3.05) is 12.5 Å². The molecule has 0 aliphatic heterocycles. The van der Waals surface area contributed by atoms with Crippen LogP contribution in [0.4, 0.5) is 5.82 Å². The monoisotopic (exact) mass is 472 g/mol. The summed E-state index contributed by atoms with van der Waals surface area (Å²) in [5.41, 5.74) is 7.71. The Bertz CT molecular complexity index is 1190. The van der Waals surface area contributed by atoms with Crippen molar-refractivity contribution in [1.29, 1.82) is 0 Å². The van der Waals surface area contributed by atoms with Gasteiger partial charge in [-0.3, -0.25) is 5.43 Å². The molecule has 154 valence electrons. The molecule has 0 saturated carbocycles. The fourth-order valence-corrected chi connectivity index (χ4v) is 3.29. The summed E-state index contributed by atoms with van der Waals surface area (Å²) in [6.45, 7) is 1.95. The lowest BCUT2D eigenvalue weighted by Gasteiger charge is -2.09. The minimum absolute atomic E-state index is 0.625. The molecule has 0 fully saturated rings. The van der Waals surface area contributed by atoms with E-state index in [1.807, 2.05) is 91.9 Å². The Morgan fingerprint density at radius 3 is 2.26 bits per heavy atom. The van der Waals surface area contributed by atoms with Crippen LogP contribution in [0.5, 0.6) is 5.75 Å². The van der Waals surface area contributed by atoms with E-state index >= 15 is 0 Å². The molecule has 0 aliphatic carbocycles. The predicted octanol–water partition coefficient (Wildman–Crippen LogP) is 6.42. The molecule has 5 nitrogen and oxygen atoms in total. The molecule has 0 saturated heterocycles. The highest BCUT2D eigenvalue weighted by atomic mass is 79.9. The topological polar surface area (TPSA) is 59.4 Å². The molecule has 31 heavy (non-hydrogen) atoms. The van der Waals surface area contributed by atoms with Crippen molar-refractivity contribution >= 4 is 27.5 Å². The van der Waals surface area contributed by atoms with Crippen LogP contribution in [-0.4, -0.2) is 22.8 Å². The third-order valence-electron chi connectivity index (χ3n) is 4.74. The van der Waals surface area contributed by atoms with Gasteiger partial charge in [0.2, 0.25) is 0 Å². The van der Waals surface area contributed by atoms with Crippen LogP contribution in [0, 0.1) is 0 Å². The van der Waals surface area contributed by atoms with Gasteiger partial charge >= 0.3 is 0 Å². The van der Waals surface area contributed by atoms with Crippen LogP contribution >= 0.6 is 15.9 Å². The van der Waals surface area contributed by atoms with Crippen molar-refractivity contribution in [2.45, 2.75) is 6.92 Å². The third-order valence-corrected chi connectivity index (χ3v) is 5.27. The van der Waals surface area contributed by atoms with Crippen LogP contribution in [0.15, 0.2) is 94.5 Å². The number of halogens is 1. The summed E-state index contributed by atoms with van der Waals surface area (Å²) in [6, 6.07) is 27.7. The van der Waals surface area contributed by atoms with E-state index in [2.05, 4.69) is 31.4 Å². The smallest absolute Gasteiger partial charge is 0.162 e. The first-order valence-electron chi connectivity index (χ1n) is 9.77. The molecule has 0 amide bonds. The van der Waals surface area contributed by atoms with Crippen molar-refractivity contribution in [2.24, 2.45) is 5.10 Å². The van der Waals surface area contributed by atoms with E-state index in [4.69, 9.17) is 9.72 Å². The molecular weight excluding hydrogens is 452 g/mol. The lowest BCUT2D eigenvalue weighted by atomic mass is 10.1. The van der Waals surface area contributed by atoms with Crippen LogP contribution in [0.3, 0.4) is 0 Å². The van der Waals surface area contributed by atoms with Crippen LogP contribution in [0.2, 0.25) is 0 Å². The number of rotatable bonds is 6. The summed E-state index contributed by atoms with van der Waals surface area (Å²) in [6.07, 6.45) is 0. The van der Waals surface area contributed by atoms with E-state index in [1.54, 1.807) is 7.11 Å². The first-order chi connectivity index (χ1) is 15.1. The molecule has 1 aromatic heterocycles.